The molecule has 0 amide bonds. The molecule has 1 heterocycles. The van der Waals surface area contributed by atoms with Gasteiger partial charge in [0.25, 0.3) is 0 Å². The Labute approximate surface area is 99.0 Å². The van der Waals surface area contributed by atoms with Crippen LogP contribution < -0.4 is 0 Å². The van der Waals surface area contributed by atoms with Crippen LogP contribution in [0.15, 0.2) is 22.7 Å². The quantitative estimate of drug-likeness (QED) is 0.699. The van der Waals surface area contributed by atoms with Crippen LogP contribution in [0.1, 0.15) is 30.4 Å². The monoisotopic (exact) mass is 266 g/mol. The van der Waals surface area contributed by atoms with Crippen LogP contribution in [-0.2, 0) is 16.6 Å². The fourth-order valence-electron chi connectivity index (χ4n) is 3.08. The van der Waals surface area contributed by atoms with Crippen molar-refractivity contribution in [2.24, 2.45) is 0 Å². The molecule has 1 aromatic carbocycles. The molecule has 0 saturated carbocycles. The third-order valence-corrected chi connectivity index (χ3v) is 4.45. The van der Waals surface area contributed by atoms with Crippen molar-refractivity contribution in [3.63, 3.8) is 0 Å². The molecule has 0 radical (unpaired) electrons. The minimum absolute atomic E-state index is 0.453. The lowest BCUT2D eigenvalue weighted by Crippen LogP contribution is -2.31. The molecule has 1 saturated heterocycles. The number of hydrogen-bond acceptors (Lipinski definition) is 1. The number of hydrogen-bond donors (Lipinski definition) is 0. The van der Waals surface area contributed by atoms with Gasteiger partial charge in [-0.1, -0.05) is 22.0 Å². The third kappa shape index (κ3) is 1.55. The second kappa shape index (κ2) is 3.60. The Balaban J connectivity index is 2.03. The van der Waals surface area contributed by atoms with E-state index in [1.165, 1.54) is 30.2 Å². The average Bonchev–Trinajstić information content (AvgIpc) is 2.58. The number of ether oxygens (including phenoxy) is 1. The second-order valence-electron chi connectivity index (χ2n) is 4.69. The van der Waals surface area contributed by atoms with E-state index in [-0.39, 0.29) is 0 Å². The molecule has 0 bridgehead atoms. The smallest absolute Gasteiger partial charge is 0.0474 e. The minimum atomic E-state index is 0.453. The maximum atomic E-state index is 5.49. The van der Waals surface area contributed by atoms with Gasteiger partial charge in [0.2, 0.25) is 0 Å². The molecule has 1 aromatic rings. The molecule has 1 aliphatic carbocycles. The number of halogens is 1. The zero-order valence-electron chi connectivity index (χ0n) is 8.76. The number of aryl methyl sites for hydroxylation is 1. The summed E-state index contributed by atoms with van der Waals surface area (Å²) in [4.78, 5) is 0. The van der Waals surface area contributed by atoms with E-state index in [0.29, 0.717) is 5.41 Å². The first-order chi connectivity index (χ1) is 7.30. The van der Waals surface area contributed by atoms with E-state index in [1.807, 2.05) is 0 Å². The van der Waals surface area contributed by atoms with E-state index in [9.17, 15) is 0 Å². The highest BCUT2D eigenvalue weighted by Gasteiger charge is 2.39. The molecule has 1 fully saturated rings. The first-order valence-electron chi connectivity index (χ1n) is 5.67. The molecule has 2 aliphatic rings. The zero-order chi connectivity index (χ0) is 10.3. The molecule has 15 heavy (non-hydrogen) atoms. The summed E-state index contributed by atoms with van der Waals surface area (Å²) >= 11 is 3.55. The fraction of sp³-hybridized carbons (Fsp3) is 0.538. The maximum Gasteiger partial charge on any atom is 0.0474 e. The Hall–Kier alpha value is -0.340. The molecular formula is C13H15BrO. The molecule has 0 atom stereocenters. The summed E-state index contributed by atoms with van der Waals surface area (Å²) in [6, 6.07) is 6.79. The Morgan fingerprint density at radius 2 is 1.93 bits per heavy atom. The SMILES string of the molecule is Brc1ccc2c(c1)CCC21CCOCC1. The van der Waals surface area contributed by atoms with Crippen molar-refractivity contribution in [3.8, 4) is 0 Å². The molecular weight excluding hydrogens is 252 g/mol. The second-order valence-corrected chi connectivity index (χ2v) is 5.61. The fourth-order valence-corrected chi connectivity index (χ4v) is 3.49. The van der Waals surface area contributed by atoms with Crippen molar-refractivity contribution in [3.05, 3.63) is 33.8 Å². The summed E-state index contributed by atoms with van der Waals surface area (Å²) in [6.45, 7) is 1.88. The largest absolute Gasteiger partial charge is 0.381 e. The summed E-state index contributed by atoms with van der Waals surface area (Å²) < 4.78 is 6.70. The molecule has 80 valence electrons. The highest BCUT2D eigenvalue weighted by atomic mass is 79.9. The van der Waals surface area contributed by atoms with E-state index in [2.05, 4.69) is 34.1 Å². The number of benzene rings is 1. The van der Waals surface area contributed by atoms with Crippen molar-refractivity contribution in [1.29, 1.82) is 0 Å². The van der Waals surface area contributed by atoms with Gasteiger partial charge in [-0.05, 0) is 48.9 Å². The Kier molecular flexibility index (Phi) is 2.37. The summed E-state index contributed by atoms with van der Waals surface area (Å²) in [5, 5.41) is 0. The summed E-state index contributed by atoms with van der Waals surface area (Å²) in [6.07, 6.45) is 4.99. The molecule has 0 N–H and O–H groups in total. The van der Waals surface area contributed by atoms with Crippen LogP contribution >= 0.6 is 15.9 Å². The van der Waals surface area contributed by atoms with E-state index in [1.54, 1.807) is 11.1 Å². The van der Waals surface area contributed by atoms with Gasteiger partial charge in [0.1, 0.15) is 0 Å². The van der Waals surface area contributed by atoms with Gasteiger partial charge in [-0.15, -0.1) is 0 Å². The van der Waals surface area contributed by atoms with Crippen molar-refractivity contribution >= 4 is 15.9 Å². The molecule has 0 unspecified atom stereocenters. The Morgan fingerprint density at radius 3 is 2.73 bits per heavy atom. The van der Waals surface area contributed by atoms with Gasteiger partial charge >= 0.3 is 0 Å². The molecule has 3 rings (SSSR count). The summed E-state index contributed by atoms with van der Waals surface area (Å²) in [5.74, 6) is 0. The van der Waals surface area contributed by atoms with Crippen LogP contribution in [0.5, 0.6) is 0 Å². The van der Waals surface area contributed by atoms with Crippen LogP contribution in [0, 0.1) is 0 Å². The van der Waals surface area contributed by atoms with Gasteiger partial charge in [-0.25, -0.2) is 0 Å². The first-order valence-corrected chi connectivity index (χ1v) is 6.46. The highest BCUT2D eigenvalue weighted by Crippen LogP contribution is 2.46. The van der Waals surface area contributed by atoms with Gasteiger partial charge < -0.3 is 4.74 Å². The normalized spacial score (nSPS) is 23.0. The molecule has 2 heteroatoms. The van der Waals surface area contributed by atoms with Crippen LogP contribution in [0.25, 0.3) is 0 Å². The van der Waals surface area contributed by atoms with E-state index in [4.69, 9.17) is 4.74 Å². The zero-order valence-corrected chi connectivity index (χ0v) is 10.3. The summed E-state index contributed by atoms with van der Waals surface area (Å²) in [5.41, 5.74) is 3.59. The predicted octanol–water partition coefficient (Wildman–Crippen LogP) is 3.44. The van der Waals surface area contributed by atoms with Gasteiger partial charge in [0, 0.05) is 23.1 Å². The first kappa shape index (κ1) is 9.86. The number of fused-ring (bicyclic) bond motifs is 2. The van der Waals surface area contributed by atoms with Crippen LogP contribution in [-0.4, -0.2) is 13.2 Å². The van der Waals surface area contributed by atoms with Crippen molar-refractivity contribution < 1.29 is 4.74 Å². The average molecular weight is 267 g/mol. The lowest BCUT2D eigenvalue weighted by atomic mass is 9.75. The van der Waals surface area contributed by atoms with Crippen LogP contribution in [0.2, 0.25) is 0 Å². The van der Waals surface area contributed by atoms with Crippen molar-refractivity contribution in [2.45, 2.75) is 31.1 Å². The van der Waals surface area contributed by atoms with E-state index < -0.39 is 0 Å². The van der Waals surface area contributed by atoms with Crippen LogP contribution in [0.4, 0.5) is 0 Å². The highest BCUT2D eigenvalue weighted by molar-refractivity contribution is 9.10. The Bertz CT molecular complexity index is 380. The third-order valence-electron chi connectivity index (χ3n) is 3.96. The Morgan fingerprint density at radius 1 is 1.13 bits per heavy atom. The van der Waals surface area contributed by atoms with E-state index >= 15 is 0 Å². The van der Waals surface area contributed by atoms with Crippen LogP contribution in [0.3, 0.4) is 0 Å². The molecule has 1 spiro atoms. The van der Waals surface area contributed by atoms with Gasteiger partial charge in [0.15, 0.2) is 0 Å². The van der Waals surface area contributed by atoms with Gasteiger partial charge in [-0.3, -0.25) is 0 Å². The maximum absolute atomic E-state index is 5.49. The predicted molar refractivity (Wildman–Crippen MR) is 64.2 cm³/mol. The lowest BCUT2D eigenvalue weighted by molar-refractivity contribution is 0.0506. The van der Waals surface area contributed by atoms with Gasteiger partial charge in [-0.2, -0.15) is 0 Å². The molecule has 0 aromatic heterocycles. The lowest BCUT2D eigenvalue weighted by Gasteiger charge is -2.34. The molecule has 1 aliphatic heterocycles. The van der Waals surface area contributed by atoms with E-state index in [0.717, 1.165) is 13.2 Å². The minimum Gasteiger partial charge on any atom is -0.381 e. The number of rotatable bonds is 0. The topological polar surface area (TPSA) is 9.23 Å². The van der Waals surface area contributed by atoms with Gasteiger partial charge in [0.05, 0.1) is 0 Å². The summed E-state index contributed by atoms with van der Waals surface area (Å²) in [7, 11) is 0. The molecule has 1 nitrogen and oxygen atoms in total. The van der Waals surface area contributed by atoms with Crippen molar-refractivity contribution in [1.82, 2.24) is 0 Å². The standard InChI is InChI=1S/C13H15BrO/c14-11-1-2-12-10(9-11)3-4-13(12)5-7-15-8-6-13/h1-2,9H,3-8H2. The van der Waals surface area contributed by atoms with Crippen molar-refractivity contribution in [2.75, 3.05) is 13.2 Å².